The van der Waals surface area contributed by atoms with Crippen LogP contribution < -0.4 is 9.47 Å². The zero-order chi connectivity index (χ0) is 20.2. The number of hydrogen-bond acceptors (Lipinski definition) is 5. The van der Waals surface area contributed by atoms with E-state index in [1.165, 1.54) is 26.4 Å². The molecule has 0 spiro atoms. The van der Waals surface area contributed by atoms with E-state index >= 15 is 0 Å². The summed E-state index contributed by atoms with van der Waals surface area (Å²) in [5, 5.41) is 11.2. The Hall–Kier alpha value is -3.36. The molecule has 0 saturated carbocycles. The summed E-state index contributed by atoms with van der Waals surface area (Å²) in [5.74, 6) is -0.398. The van der Waals surface area contributed by atoms with Crippen molar-refractivity contribution in [2.75, 3.05) is 14.2 Å². The van der Waals surface area contributed by atoms with Crippen molar-refractivity contribution in [2.24, 2.45) is 0 Å². The lowest BCUT2D eigenvalue weighted by atomic mass is 10.0. The fourth-order valence-corrected chi connectivity index (χ4v) is 2.29. The van der Waals surface area contributed by atoms with E-state index in [0.717, 1.165) is 36.4 Å². The molecule has 9 heteroatoms. The Kier molecular flexibility index (Phi) is 5.84. The van der Waals surface area contributed by atoms with Gasteiger partial charge in [0.1, 0.15) is 0 Å². The molecule has 0 saturated heterocycles. The number of benzene rings is 2. The summed E-state index contributed by atoms with van der Waals surface area (Å²) in [6.07, 6.45) is -2.48. The van der Waals surface area contributed by atoms with Crippen molar-refractivity contribution in [1.29, 1.82) is 0 Å². The van der Waals surface area contributed by atoms with Crippen LogP contribution in [0.15, 0.2) is 42.5 Å². The van der Waals surface area contributed by atoms with Gasteiger partial charge in [0.25, 0.3) is 5.69 Å². The molecule has 27 heavy (non-hydrogen) atoms. The first kappa shape index (κ1) is 20.0. The van der Waals surface area contributed by atoms with Gasteiger partial charge in [0.15, 0.2) is 17.3 Å². The van der Waals surface area contributed by atoms with E-state index in [1.807, 2.05) is 0 Å². The maximum Gasteiger partial charge on any atom is 0.416 e. The Bertz CT molecular complexity index is 906. The van der Waals surface area contributed by atoms with E-state index in [2.05, 4.69) is 0 Å². The predicted molar refractivity (Wildman–Crippen MR) is 91.0 cm³/mol. The fraction of sp³-hybridized carbons (Fsp3) is 0.167. The van der Waals surface area contributed by atoms with Gasteiger partial charge in [-0.05, 0) is 30.4 Å². The summed E-state index contributed by atoms with van der Waals surface area (Å²) in [6.45, 7) is 0. The van der Waals surface area contributed by atoms with Crippen molar-refractivity contribution in [3.8, 4) is 11.5 Å². The van der Waals surface area contributed by atoms with Crippen molar-refractivity contribution in [1.82, 2.24) is 0 Å². The molecule has 142 valence electrons. The smallest absolute Gasteiger partial charge is 0.416 e. The van der Waals surface area contributed by atoms with Crippen LogP contribution >= 0.6 is 0 Å². The lowest BCUT2D eigenvalue weighted by molar-refractivity contribution is -0.385. The van der Waals surface area contributed by atoms with Crippen molar-refractivity contribution >= 4 is 17.5 Å². The number of ketones is 1. The summed E-state index contributed by atoms with van der Waals surface area (Å²) in [7, 11) is 2.65. The second-order valence-electron chi connectivity index (χ2n) is 5.30. The molecule has 0 aliphatic rings. The van der Waals surface area contributed by atoms with Gasteiger partial charge in [0.05, 0.1) is 36.3 Å². The predicted octanol–water partition coefficient (Wildman–Crippen LogP) is 4.53. The minimum atomic E-state index is -4.58. The number of nitrogens with zero attached hydrogens (tertiary/aromatic N) is 1. The molecule has 0 atom stereocenters. The Morgan fingerprint density at radius 2 is 1.74 bits per heavy atom. The molecule has 0 fully saturated rings. The van der Waals surface area contributed by atoms with Crippen LogP contribution in [0.2, 0.25) is 0 Å². The highest BCUT2D eigenvalue weighted by molar-refractivity contribution is 6.07. The molecule has 0 N–H and O–H groups in total. The molecule has 6 nitrogen and oxygen atoms in total. The average molecular weight is 381 g/mol. The highest BCUT2D eigenvalue weighted by Gasteiger charge is 2.30. The lowest BCUT2D eigenvalue weighted by Gasteiger charge is -2.09. The van der Waals surface area contributed by atoms with E-state index in [1.54, 1.807) is 0 Å². The van der Waals surface area contributed by atoms with Crippen LogP contribution in [0.5, 0.6) is 11.5 Å². The molecule has 0 radical (unpaired) electrons. The number of ether oxygens (including phenoxy) is 2. The van der Waals surface area contributed by atoms with Crippen LogP contribution in [0, 0.1) is 10.1 Å². The molecule has 2 rings (SSSR count). The summed E-state index contributed by atoms with van der Waals surface area (Å²) in [6, 6.07) is 6.34. The number of carbonyl (C=O) groups is 1. The van der Waals surface area contributed by atoms with Crippen molar-refractivity contribution in [2.45, 2.75) is 6.18 Å². The first-order valence-electron chi connectivity index (χ1n) is 7.47. The number of nitro benzene ring substituents is 1. The Morgan fingerprint density at radius 3 is 2.30 bits per heavy atom. The Morgan fingerprint density at radius 1 is 1.11 bits per heavy atom. The highest BCUT2D eigenvalue weighted by atomic mass is 19.4. The van der Waals surface area contributed by atoms with E-state index in [4.69, 9.17) is 9.47 Å². The number of halogens is 3. The van der Waals surface area contributed by atoms with Gasteiger partial charge in [0, 0.05) is 5.56 Å². The zero-order valence-corrected chi connectivity index (χ0v) is 14.2. The number of hydrogen-bond donors (Lipinski definition) is 0. The van der Waals surface area contributed by atoms with Gasteiger partial charge in [-0.3, -0.25) is 14.9 Å². The van der Waals surface area contributed by atoms with E-state index < -0.39 is 22.4 Å². The first-order chi connectivity index (χ1) is 12.7. The molecular formula is C18H14F3NO5. The van der Waals surface area contributed by atoms with Gasteiger partial charge >= 0.3 is 6.18 Å². The van der Waals surface area contributed by atoms with Gasteiger partial charge in [-0.25, -0.2) is 0 Å². The Labute approximate surface area is 152 Å². The number of alkyl halides is 3. The van der Waals surface area contributed by atoms with Crippen LogP contribution in [0.3, 0.4) is 0 Å². The summed E-state index contributed by atoms with van der Waals surface area (Å²) < 4.78 is 48.3. The third-order valence-corrected chi connectivity index (χ3v) is 3.62. The van der Waals surface area contributed by atoms with Gasteiger partial charge in [-0.15, -0.1) is 0 Å². The number of carbonyl (C=O) groups excluding carboxylic acids is 1. The van der Waals surface area contributed by atoms with Gasteiger partial charge in [-0.2, -0.15) is 13.2 Å². The van der Waals surface area contributed by atoms with Crippen LogP contribution in [0.25, 0.3) is 6.08 Å². The average Bonchev–Trinajstić information content (AvgIpc) is 2.64. The van der Waals surface area contributed by atoms with E-state index in [-0.39, 0.29) is 28.3 Å². The molecule has 2 aromatic carbocycles. The number of methoxy groups -OCH3 is 2. The summed E-state index contributed by atoms with van der Waals surface area (Å²) >= 11 is 0. The number of nitro groups is 1. The molecular weight excluding hydrogens is 367 g/mol. The lowest BCUT2D eigenvalue weighted by Crippen LogP contribution is -2.06. The van der Waals surface area contributed by atoms with Crippen molar-refractivity contribution in [3.63, 3.8) is 0 Å². The van der Waals surface area contributed by atoms with Crippen LogP contribution in [-0.2, 0) is 6.18 Å². The maximum absolute atomic E-state index is 12.7. The second kappa shape index (κ2) is 7.90. The topological polar surface area (TPSA) is 78.7 Å². The number of rotatable bonds is 6. The Balaban J connectivity index is 2.40. The molecule has 0 amide bonds. The fourth-order valence-electron chi connectivity index (χ4n) is 2.29. The van der Waals surface area contributed by atoms with Crippen molar-refractivity contribution < 1.29 is 32.4 Å². The molecule has 0 heterocycles. The molecule has 0 bridgehead atoms. The standard InChI is InChI=1S/C18H14F3NO5/c1-26-16-9-11(14(22(24)25)10-17(16)27-2)6-7-15(23)12-4-3-5-13(8-12)18(19,20)21/h3-10H,1-2H3. The minimum Gasteiger partial charge on any atom is -0.493 e. The van der Waals surface area contributed by atoms with E-state index in [0.29, 0.717) is 0 Å². The normalized spacial score (nSPS) is 11.4. The molecule has 0 aliphatic carbocycles. The van der Waals surface area contributed by atoms with Crippen LogP contribution in [0.4, 0.5) is 18.9 Å². The quantitative estimate of drug-likeness (QED) is 0.318. The van der Waals surface area contributed by atoms with Gasteiger partial charge < -0.3 is 9.47 Å². The third kappa shape index (κ3) is 4.63. The highest BCUT2D eigenvalue weighted by Crippen LogP contribution is 2.35. The molecule has 2 aromatic rings. The second-order valence-corrected chi connectivity index (χ2v) is 5.30. The zero-order valence-electron chi connectivity index (χ0n) is 14.2. The first-order valence-corrected chi connectivity index (χ1v) is 7.47. The minimum absolute atomic E-state index is 0.0398. The summed E-state index contributed by atoms with van der Waals surface area (Å²) in [4.78, 5) is 22.7. The molecule has 0 aliphatic heterocycles. The SMILES string of the molecule is COc1cc(C=CC(=O)c2cccc(C(F)(F)F)c2)c([N+](=O)[O-])cc1OC. The molecule has 0 aromatic heterocycles. The van der Waals surface area contributed by atoms with Gasteiger partial charge in [-0.1, -0.05) is 12.1 Å². The van der Waals surface area contributed by atoms with Crippen LogP contribution in [0.1, 0.15) is 21.5 Å². The van der Waals surface area contributed by atoms with E-state index in [9.17, 15) is 28.1 Å². The largest absolute Gasteiger partial charge is 0.493 e. The third-order valence-electron chi connectivity index (χ3n) is 3.62. The van der Waals surface area contributed by atoms with Crippen molar-refractivity contribution in [3.05, 3.63) is 69.3 Å². The maximum atomic E-state index is 12.7. The summed E-state index contributed by atoms with van der Waals surface area (Å²) in [5.41, 5.74) is -1.46. The van der Waals surface area contributed by atoms with Gasteiger partial charge in [0.2, 0.25) is 0 Å². The van der Waals surface area contributed by atoms with Crippen LogP contribution in [-0.4, -0.2) is 24.9 Å². The number of allylic oxidation sites excluding steroid dienone is 1. The molecule has 0 unspecified atom stereocenters. The monoisotopic (exact) mass is 381 g/mol.